The molecule has 0 bridgehead atoms. The summed E-state index contributed by atoms with van der Waals surface area (Å²) < 4.78 is 13.1. The molecule has 0 spiro atoms. The fourth-order valence-corrected chi connectivity index (χ4v) is 2.57. The lowest BCUT2D eigenvalue weighted by molar-refractivity contribution is -0.124. The monoisotopic (exact) mass is 312 g/mol. The number of thioether (sulfide) groups is 1. The molecule has 0 radical (unpaired) electrons. The number of carbonyl (C=O) groups is 1. The van der Waals surface area contributed by atoms with Crippen LogP contribution in [0.3, 0.4) is 0 Å². The highest BCUT2D eigenvalue weighted by atomic mass is 32.2. The van der Waals surface area contributed by atoms with E-state index in [2.05, 4.69) is 5.32 Å². The second-order valence-electron chi connectivity index (χ2n) is 6.25. The molecular weight excluding hydrogens is 287 g/mol. The van der Waals surface area contributed by atoms with E-state index in [0.717, 1.165) is 11.3 Å². The highest BCUT2D eigenvalue weighted by Gasteiger charge is 2.29. The van der Waals surface area contributed by atoms with Crippen molar-refractivity contribution >= 4 is 17.7 Å². The minimum atomic E-state index is -0.511. The minimum absolute atomic E-state index is 0.159. The normalized spacial score (nSPS) is 14.6. The summed E-state index contributed by atoms with van der Waals surface area (Å²) in [6.45, 7) is 6.11. The van der Waals surface area contributed by atoms with Crippen molar-refractivity contribution in [2.75, 3.05) is 12.0 Å². The van der Waals surface area contributed by atoms with Crippen LogP contribution in [0.5, 0.6) is 0 Å². The molecule has 0 saturated heterocycles. The van der Waals surface area contributed by atoms with Gasteiger partial charge in [-0.05, 0) is 41.5 Å². The fraction of sp³-hybridized carbons (Fsp3) is 0.562. The molecule has 1 unspecified atom stereocenters. The van der Waals surface area contributed by atoms with Crippen LogP contribution in [0.1, 0.15) is 38.8 Å². The van der Waals surface area contributed by atoms with Gasteiger partial charge in [0.05, 0.1) is 12.1 Å². The average Bonchev–Trinajstić information content (AvgIpc) is 2.41. The standard InChI is InChI=1S/C16H25FN2OS/c1-16(2,3)14(11-5-7-12(17)8-6-11)19-15(20)13(18)9-10-21-4/h5-8,13-14H,9-10,18H2,1-4H3,(H,19,20)/t13-,14?/m1/s1. The summed E-state index contributed by atoms with van der Waals surface area (Å²) in [5.74, 6) is 0.411. The number of benzene rings is 1. The number of amides is 1. The topological polar surface area (TPSA) is 55.1 Å². The molecule has 0 saturated carbocycles. The summed E-state index contributed by atoms with van der Waals surface area (Å²) in [5.41, 5.74) is 6.61. The maximum absolute atomic E-state index is 13.1. The van der Waals surface area contributed by atoms with E-state index in [1.165, 1.54) is 12.1 Å². The lowest BCUT2D eigenvalue weighted by atomic mass is 9.82. The molecule has 3 nitrogen and oxygen atoms in total. The second kappa shape index (κ2) is 7.80. The first kappa shape index (κ1) is 18.0. The molecule has 0 aliphatic heterocycles. The molecule has 118 valence electrons. The van der Waals surface area contributed by atoms with Crippen LogP contribution in [-0.2, 0) is 4.79 Å². The van der Waals surface area contributed by atoms with Crippen LogP contribution in [0.15, 0.2) is 24.3 Å². The van der Waals surface area contributed by atoms with Gasteiger partial charge in [-0.3, -0.25) is 4.79 Å². The van der Waals surface area contributed by atoms with Gasteiger partial charge in [0, 0.05) is 0 Å². The summed E-state index contributed by atoms with van der Waals surface area (Å²) in [6.07, 6.45) is 2.63. The Morgan fingerprint density at radius 3 is 2.38 bits per heavy atom. The number of carbonyl (C=O) groups excluding carboxylic acids is 1. The van der Waals surface area contributed by atoms with Gasteiger partial charge >= 0.3 is 0 Å². The van der Waals surface area contributed by atoms with E-state index in [1.807, 2.05) is 27.0 Å². The Morgan fingerprint density at radius 1 is 1.33 bits per heavy atom. The van der Waals surface area contributed by atoms with Crippen LogP contribution in [-0.4, -0.2) is 24.0 Å². The molecule has 1 aromatic rings. The molecule has 0 aliphatic rings. The molecule has 0 aliphatic carbocycles. The van der Waals surface area contributed by atoms with Crippen LogP contribution in [0.4, 0.5) is 4.39 Å². The maximum Gasteiger partial charge on any atom is 0.237 e. The zero-order valence-corrected chi connectivity index (χ0v) is 14.0. The van der Waals surface area contributed by atoms with Crippen molar-refractivity contribution in [2.24, 2.45) is 11.1 Å². The van der Waals surface area contributed by atoms with Crippen molar-refractivity contribution in [3.05, 3.63) is 35.6 Å². The largest absolute Gasteiger partial charge is 0.347 e. The predicted molar refractivity (Wildman–Crippen MR) is 87.7 cm³/mol. The molecule has 21 heavy (non-hydrogen) atoms. The van der Waals surface area contributed by atoms with Crippen LogP contribution in [0.2, 0.25) is 0 Å². The quantitative estimate of drug-likeness (QED) is 0.848. The van der Waals surface area contributed by atoms with Crippen molar-refractivity contribution in [2.45, 2.75) is 39.3 Å². The fourth-order valence-electron chi connectivity index (χ4n) is 2.08. The lowest BCUT2D eigenvalue weighted by Gasteiger charge is -2.33. The lowest BCUT2D eigenvalue weighted by Crippen LogP contribution is -2.45. The molecule has 0 fully saturated rings. The first-order valence-corrected chi connectivity index (χ1v) is 8.45. The van der Waals surface area contributed by atoms with Gasteiger partial charge in [-0.25, -0.2) is 4.39 Å². The number of halogens is 1. The average molecular weight is 312 g/mol. The van der Waals surface area contributed by atoms with Gasteiger partial charge in [-0.15, -0.1) is 0 Å². The Kier molecular flexibility index (Phi) is 6.68. The van der Waals surface area contributed by atoms with Crippen molar-refractivity contribution in [3.63, 3.8) is 0 Å². The number of rotatable bonds is 6. The van der Waals surface area contributed by atoms with E-state index in [4.69, 9.17) is 5.73 Å². The summed E-state index contributed by atoms with van der Waals surface area (Å²) in [6, 6.07) is 5.52. The molecule has 1 rings (SSSR count). The second-order valence-corrected chi connectivity index (χ2v) is 7.23. The SMILES string of the molecule is CSCC[C@@H](N)C(=O)NC(c1ccc(F)cc1)C(C)(C)C. The van der Waals surface area contributed by atoms with E-state index < -0.39 is 6.04 Å². The van der Waals surface area contributed by atoms with E-state index in [-0.39, 0.29) is 23.2 Å². The molecule has 5 heteroatoms. The van der Waals surface area contributed by atoms with Gasteiger partial charge in [-0.1, -0.05) is 32.9 Å². The molecule has 0 heterocycles. The summed E-state index contributed by atoms with van der Waals surface area (Å²) in [5, 5.41) is 3.01. The number of nitrogens with one attached hydrogen (secondary N) is 1. The number of nitrogens with two attached hydrogens (primary N) is 1. The Bertz CT molecular complexity index is 456. The summed E-state index contributed by atoms with van der Waals surface area (Å²) in [4.78, 5) is 12.2. The molecule has 3 N–H and O–H groups in total. The number of hydrogen-bond donors (Lipinski definition) is 2. The summed E-state index contributed by atoms with van der Waals surface area (Å²) in [7, 11) is 0. The van der Waals surface area contributed by atoms with Crippen molar-refractivity contribution in [3.8, 4) is 0 Å². The van der Waals surface area contributed by atoms with Gasteiger partial charge in [-0.2, -0.15) is 11.8 Å². The van der Waals surface area contributed by atoms with E-state index in [0.29, 0.717) is 6.42 Å². The molecule has 2 atom stereocenters. The van der Waals surface area contributed by atoms with Gasteiger partial charge in [0.15, 0.2) is 0 Å². The Morgan fingerprint density at radius 2 is 1.90 bits per heavy atom. The third kappa shape index (κ3) is 5.67. The zero-order valence-electron chi connectivity index (χ0n) is 13.2. The minimum Gasteiger partial charge on any atom is -0.347 e. The van der Waals surface area contributed by atoms with Crippen molar-refractivity contribution in [1.29, 1.82) is 0 Å². The Hall–Kier alpha value is -1.07. The Balaban J connectivity index is 2.85. The van der Waals surface area contributed by atoms with Gasteiger partial charge in [0.2, 0.25) is 5.91 Å². The predicted octanol–water partition coefficient (Wildman–Crippen LogP) is 3.11. The van der Waals surface area contributed by atoms with Crippen LogP contribution >= 0.6 is 11.8 Å². The maximum atomic E-state index is 13.1. The molecule has 1 aromatic carbocycles. The smallest absolute Gasteiger partial charge is 0.237 e. The van der Waals surface area contributed by atoms with Gasteiger partial charge in [0.1, 0.15) is 5.82 Å². The molecule has 0 aromatic heterocycles. The molecule has 1 amide bonds. The first-order valence-electron chi connectivity index (χ1n) is 7.06. The third-order valence-corrected chi connectivity index (χ3v) is 3.97. The van der Waals surface area contributed by atoms with Crippen LogP contribution in [0.25, 0.3) is 0 Å². The van der Waals surface area contributed by atoms with Crippen LogP contribution < -0.4 is 11.1 Å². The number of hydrogen-bond acceptors (Lipinski definition) is 3. The van der Waals surface area contributed by atoms with E-state index in [9.17, 15) is 9.18 Å². The highest BCUT2D eigenvalue weighted by Crippen LogP contribution is 2.32. The van der Waals surface area contributed by atoms with Crippen molar-refractivity contribution in [1.82, 2.24) is 5.32 Å². The highest BCUT2D eigenvalue weighted by molar-refractivity contribution is 7.98. The van der Waals surface area contributed by atoms with E-state index in [1.54, 1.807) is 23.9 Å². The molecular formula is C16H25FN2OS. The van der Waals surface area contributed by atoms with Gasteiger partial charge in [0.25, 0.3) is 0 Å². The zero-order chi connectivity index (χ0) is 16.0. The van der Waals surface area contributed by atoms with Crippen molar-refractivity contribution < 1.29 is 9.18 Å². The third-order valence-electron chi connectivity index (χ3n) is 3.33. The van der Waals surface area contributed by atoms with Gasteiger partial charge < -0.3 is 11.1 Å². The first-order chi connectivity index (χ1) is 9.75. The summed E-state index contributed by atoms with van der Waals surface area (Å²) >= 11 is 1.67. The van der Waals surface area contributed by atoms with Crippen LogP contribution in [0, 0.1) is 11.2 Å². The van der Waals surface area contributed by atoms with E-state index >= 15 is 0 Å². The Labute approximate surface area is 130 Å².